The first-order valence-electron chi connectivity index (χ1n) is 4.16. The maximum absolute atomic E-state index is 12.7. The van der Waals surface area contributed by atoms with E-state index in [0.29, 0.717) is 18.7 Å². The molecule has 1 aliphatic carbocycles. The van der Waals surface area contributed by atoms with Crippen LogP contribution in [0.2, 0.25) is 0 Å². The van der Waals surface area contributed by atoms with Crippen molar-refractivity contribution in [1.29, 1.82) is 0 Å². The Hall–Kier alpha value is -0.110. The third-order valence-electron chi connectivity index (χ3n) is 2.47. The zero-order valence-corrected chi connectivity index (χ0v) is 7.71. The lowest BCUT2D eigenvalue weighted by molar-refractivity contribution is -0.0420. The topological polar surface area (TPSA) is 0 Å². The predicted molar refractivity (Wildman–Crippen MR) is 46.8 cm³/mol. The van der Waals surface area contributed by atoms with Crippen LogP contribution in [0.15, 0.2) is 12.2 Å². The van der Waals surface area contributed by atoms with E-state index >= 15 is 0 Å². The Morgan fingerprint density at radius 2 is 1.92 bits per heavy atom. The molecule has 1 rings (SSSR count). The van der Waals surface area contributed by atoms with Gasteiger partial charge in [0, 0.05) is 18.7 Å². The quantitative estimate of drug-likeness (QED) is 0.466. The van der Waals surface area contributed by atoms with Crippen molar-refractivity contribution >= 4 is 11.6 Å². The number of allylic oxidation sites excluding steroid dienone is 1. The van der Waals surface area contributed by atoms with Crippen LogP contribution in [-0.2, 0) is 0 Å². The average molecular weight is 195 g/mol. The van der Waals surface area contributed by atoms with Gasteiger partial charge < -0.3 is 0 Å². The molecule has 0 spiro atoms. The lowest BCUT2D eigenvalue weighted by Crippen LogP contribution is -2.25. The van der Waals surface area contributed by atoms with Crippen molar-refractivity contribution in [3.8, 4) is 0 Å². The Morgan fingerprint density at radius 3 is 2.33 bits per heavy atom. The van der Waals surface area contributed by atoms with Gasteiger partial charge in [0.2, 0.25) is 5.92 Å². The van der Waals surface area contributed by atoms with Crippen molar-refractivity contribution < 1.29 is 8.78 Å². The van der Waals surface area contributed by atoms with Crippen LogP contribution in [-0.4, -0.2) is 11.8 Å². The Labute approximate surface area is 76.6 Å². The smallest absolute Gasteiger partial charge is 0.207 e. The Bertz CT molecular complexity index is 167. The van der Waals surface area contributed by atoms with E-state index in [1.54, 1.807) is 0 Å². The highest BCUT2D eigenvalue weighted by atomic mass is 35.5. The van der Waals surface area contributed by atoms with Crippen molar-refractivity contribution in [3.05, 3.63) is 12.2 Å². The van der Waals surface area contributed by atoms with Crippen LogP contribution in [0, 0.1) is 5.92 Å². The second kappa shape index (κ2) is 3.73. The van der Waals surface area contributed by atoms with Crippen molar-refractivity contribution in [1.82, 2.24) is 0 Å². The lowest BCUT2D eigenvalue weighted by atomic mass is 9.83. The molecule has 70 valence electrons. The van der Waals surface area contributed by atoms with Gasteiger partial charge in [0.1, 0.15) is 0 Å². The fraction of sp³-hybridized carbons (Fsp3) is 0.778. The van der Waals surface area contributed by atoms with E-state index in [2.05, 4.69) is 6.58 Å². The van der Waals surface area contributed by atoms with Gasteiger partial charge >= 0.3 is 0 Å². The first-order chi connectivity index (χ1) is 5.55. The maximum Gasteiger partial charge on any atom is 0.248 e. The number of rotatable bonds is 2. The van der Waals surface area contributed by atoms with Gasteiger partial charge in [-0.1, -0.05) is 12.2 Å². The van der Waals surface area contributed by atoms with Gasteiger partial charge in [0.15, 0.2) is 0 Å². The van der Waals surface area contributed by atoms with Gasteiger partial charge in [-0.25, -0.2) is 8.78 Å². The number of halogens is 3. The predicted octanol–water partition coefficient (Wildman–Crippen LogP) is 3.61. The summed E-state index contributed by atoms with van der Waals surface area (Å²) in [6, 6.07) is 0. The van der Waals surface area contributed by atoms with E-state index in [-0.39, 0.29) is 18.8 Å². The van der Waals surface area contributed by atoms with Crippen LogP contribution < -0.4 is 0 Å². The van der Waals surface area contributed by atoms with Crippen molar-refractivity contribution in [3.63, 3.8) is 0 Å². The first kappa shape index (κ1) is 9.97. The molecule has 0 aromatic rings. The highest BCUT2D eigenvalue weighted by Crippen LogP contribution is 2.38. The molecule has 1 fully saturated rings. The molecule has 0 atom stereocenters. The van der Waals surface area contributed by atoms with Crippen LogP contribution in [0.25, 0.3) is 0 Å². The summed E-state index contributed by atoms with van der Waals surface area (Å²) < 4.78 is 25.4. The highest BCUT2D eigenvalue weighted by molar-refractivity contribution is 6.19. The Balaban J connectivity index is 2.41. The monoisotopic (exact) mass is 194 g/mol. The zero-order chi connectivity index (χ0) is 9.19. The van der Waals surface area contributed by atoms with E-state index in [1.165, 1.54) is 0 Å². The largest absolute Gasteiger partial charge is 0.248 e. The maximum atomic E-state index is 12.7. The van der Waals surface area contributed by atoms with Gasteiger partial charge in [0.25, 0.3) is 0 Å². The molecule has 0 bridgehead atoms. The van der Waals surface area contributed by atoms with E-state index in [1.807, 2.05) is 0 Å². The fourth-order valence-corrected chi connectivity index (χ4v) is 1.78. The van der Waals surface area contributed by atoms with E-state index in [0.717, 1.165) is 5.57 Å². The normalized spacial score (nSPS) is 23.9. The first-order valence-corrected chi connectivity index (χ1v) is 4.70. The molecule has 3 heteroatoms. The molecule has 0 amide bonds. The third-order valence-corrected chi connectivity index (χ3v) is 2.81. The highest BCUT2D eigenvalue weighted by Gasteiger charge is 2.35. The van der Waals surface area contributed by atoms with Crippen molar-refractivity contribution in [2.24, 2.45) is 5.92 Å². The van der Waals surface area contributed by atoms with Crippen molar-refractivity contribution in [2.45, 2.75) is 31.6 Å². The molecule has 0 radical (unpaired) electrons. The molecule has 0 nitrogen and oxygen atoms in total. The second-order valence-electron chi connectivity index (χ2n) is 3.42. The second-order valence-corrected chi connectivity index (χ2v) is 3.69. The average Bonchev–Trinajstić information content (AvgIpc) is 2.03. The molecule has 0 N–H and O–H groups in total. The van der Waals surface area contributed by atoms with Gasteiger partial charge in [0.05, 0.1) is 0 Å². The van der Waals surface area contributed by atoms with Crippen LogP contribution in [0.4, 0.5) is 8.78 Å². The third kappa shape index (κ3) is 2.44. The Kier molecular flexibility index (Phi) is 3.10. The van der Waals surface area contributed by atoms with Crippen LogP contribution in [0.5, 0.6) is 0 Å². The van der Waals surface area contributed by atoms with Gasteiger partial charge in [-0.15, -0.1) is 11.6 Å². The molecule has 12 heavy (non-hydrogen) atoms. The summed E-state index contributed by atoms with van der Waals surface area (Å²) in [5.74, 6) is -1.82. The molecule has 0 aromatic heterocycles. The number of hydrogen-bond donors (Lipinski definition) is 0. The Morgan fingerprint density at radius 1 is 1.42 bits per heavy atom. The summed E-state index contributed by atoms with van der Waals surface area (Å²) in [5, 5.41) is 0. The standard InChI is InChI=1S/C9H13ClF2/c1-7(6-10)8-2-4-9(11,12)5-3-8/h8H,1-6H2. The minimum Gasteiger partial charge on any atom is -0.207 e. The van der Waals surface area contributed by atoms with E-state index < -0.39 is 5.92 Å². The number of alkyl halides is 3. The summed E-state index contributed by atoms with van der Waals surface area (Å²) in [5.41, 5.74) is 0.909. The molecule has 0 unspecified atom stereocenters. The van der Waals surface area contributed by atoms with Crippen molar-refractivity contribution in [2.75, 3.05) is 5.88 Å². The van der Waals surface area contributed by atoms with Gasteiger partial charge in [-0.05, 0) is 18.8 Å². The van der Waals surface area contributed by atoms with E-state index in [4.69, 9.17) is 11.6 Å². The molecule has 0 aromatic carbocycles. The van der Waals surface area contributed by atoms with Gasteiger partial charge in [-0.2, -0.15) is 0 Å². The summed E-state index contributed by atoms with van der Waals surface area (Å²) in [7, 11) is 0. The molecule has 0 saturated heterocycles. The molecular weight excluding hydrogens is 182 g/mol. The molecule has 1 saturated carbocycles. The lowest BCUT2D eigenvalue weighted by Gasteiger charge is -2.28. The SMILES string of the molecule is C=C(CCl)C1CCC(F)(F)CC1. The minimum absolute atomic E-state index is 0.00637. The minimum atomic E-state index is -2.44. The summed E-state index contributed by atoms with van der Waals surface area (Å²) in [6.07, 6.45) is 1.07. The van der Waals surface area contributed by atoms with Crippen LogP contribution in [0.3, 0.4) is 0 Å². The molecule has 1 aliphatic rings. The summed E-state index contributed by atoms with van der Waals surface area (Å²) in [4.78, 5) is 0. The van der Waals surface area contributed by atoms with E-state index in [9.17, 15) is 8.78 Å². The van der Waals surface area contributed by atoms with Gasteiger partial charge in [-0.3, -0.25) is 0 Å². The summed E-state index contributed by atoms with van der Waals surface area (Å²) >= 11 is 5.57. The van der Waals surface area contributed by atoms with Crippen LogP contribution in [0.1, 0.15) is 25.7 Å². The zero-order valence-electron chi connectivity index (χ0n) is 6.95. The molecular formula is C9H13ClF2. The van der Waals surface area contributed by atoms with Crippen LogP contribution >= 0.6 is 11.6 Å². The summed E-state index contributed by atoms with van der Waals surface area (Å²) in [6.45, 7) is 3.77. The number of hydrogen-bond acceptors (Lipinski definition) is 0. The fourth-order valence-electron chi connectivity index (χ4n) is 1.56. The molecule has 0 aliphatic heterocycles. The molecule has 0 heterocycles.